The first-order valence-electron chi connectivity index (χ1n) is 17.7. The number of pyridine rings is 1. The number of likely N-dealkylation sites (tertiary alicyclic amines) is 1. The lowest BCUT2D eigenvalue weighted by Crippen LogP contribution is -2.57. The molecule has 0 bridgehead atoms. The van der Waals surface area contributed by atoms with Gasteiger partial charge in [0.25, 0.3) is 5.91 Å². The van der Waals surface area contributed by atoms with Gasteiger partial charge in [0.2, 0.25) is 15.9 Å². The third-order valence-corrected chi connectivity index (χ3v) is 12.3. The molecule has 3 N–H and O–H groups in total. The number of amides is 4. The Morgan fingerprint density at radius 3 is 2.56 bits per heavy atom. The average molecular weight is 808 g/mol. The molecule has 2 saturated carbocycles. The SMILES string of the molecule is C=CCCCCN(C)C(=O)[C@@H]1C[C@H](Oc2cc(-n3ccc(C(F)(F)F)n3)nc3c(Cl)c(CO)ccc23)CN1C(=O)N[C@]1(C(=O)NS(=O)(=O)C2CC2)C[C@H]1C=C. The van der Waals surface area contributed by atoms with Crippen molar-refractivity contribution in [1.82, 2.24) is 34.6 Å². The van der Waals surface area contributed by atoms with Gasteiger partial charge in [0.1, 0.15) is 23.4 Å². The summed E-state index contributed by atoms with van der Waals surface area (Å²) in [5.41, 5.74) is -2.37. The fourth-order valence-corrected chi connectivity index (χ4v) is 8.33. The number of aromatic nitrogens is 3. The molecule has 0 radical (unpaired) electrons. The van der Waals surface area contributed by atoms with E-state index in [0.29, 0.717) is 36.8 Å². The molecule has 3 fully saturated rings. The van der Waals surface area contributed by atoms with Crippen molar-refractivity contribution in [3.63, 3.8) is 0 Å². The van der Waals surface area contributed by atoms with Crippen molar-refractivity contribution in [2.45, 2.75) is 80.7 Å². The molecular formula is C36H41ClF3N7O7S. The van der Waals surface area contributed by atoms with Crippen LogP contribution < -0.4 is 14.8 Å². The lowest BCUT2D eigenvalue weighted by atomic mass is 10.1. The van der Waals surface area contributed by atoms with Crippen LogP contribution in [0.15, 0.2) is 55.8 Å². The molecule has 55 heavy (non-hydrogen) atoms. The zero-order chi connectivity index (χ0) is 39.9. The molecule has 0 spiro atoms. The topological polar surface area (TPSA) is 176 Å². The van der Waals surface area contributed by atoms with Crippen LogP contribution in [0.3, 0.4) is 0 Å². The Hall–Kier alpha value is -4.68. The van der Waals surface area contributed by atoms with Crippen LogP contribution in [0.5, 0.6) is 5.75 Å². The molecule has 296 valence electrons. The fourth-order valence-electron chi connectivity index (χ4n) is 6.70. The van der Waals surface area contributed by atoms with Gasteiger partial charge in [0, 0.05) is 43.6 Å². The summed E-state index contributed by atoms with van der Waals surface area (Å²) in [5, 5.41) is 15.9. The van der Waals surface area contributed by atoms with Crippen molar-refractivity contribution in [1.29, 1.82) is 0 Å². The number of alkyl halides is 3. The van der Waals surface area contributed by atoms with Crippen LogP contribution in [0.1, 0.15) is 56.2 Å². The van der Waals surface area contributed by atoms with E-state index in [-0.39, 0.29) is 41.5 Å². The average Bonchev–Trinajstić information content (AvgIpc) is 4.02. The molecule has 3 heterocycles. The van der Waals surface area contributed by atoms with Crippen LogP contribution in [0.25, 0.3) is 16.7 Å². The Bertz CT molecular complexity index is 2130. The number of fused-ring (bicyclic) bond motifs is 1. The Morgan fingerprint density at radius 2 is 1.95 bits per heavy atom. The van der Waals surface area contributed by atoms with Gasteiger partial charge >= 0.3 is 12.2 Å². The number of aliphatic hydroxyl groups excluding tert-OH is 1. The number of aliphatic hydroxyl groups is 1. The molecular weight excluding hydrogens is 767 g/mol. The molecule has 0 unspecified atom stereocenters. The molecule has 1 aliphatic heterocycles. The molecule has 4 atom stereocenters. The van der Waals surface area contributed by atoms with Gasteiger partial charge in [-0.2, -0.15) is 18.3 Å². The molecule has 1 saturated heterocycles. The van der Waals surface area contributed by atoms with Crippen LogP contribution in [0.2, 0.25) is 5.02 Å². The summed E-state index contributed by atoms with van der Waals surface area (Å²) in [5.74, 6) is -1.86. The minimum atomic E-state index is -4.73. The van der Waals surface area contributed by atoms with Gasteiger partial charge in [0.05, 0.1) is 28.9 Å². The number of unbranched alkanes of at least 4 members (excludes halogenated alkanes) is 2. The number of benzene rings is 1. The minimum absolute atomic E-state index is 0.0228. The van der Waals surface area contributed by atoms with Gasteiger partial charge in [-0.15, -0.1) is 13.2 Å². The zero-order valence-electron chi connectivity index (χ0n) is 29.9. The summed E-state index contributed by atoms with van der Waals surface area (Å²) in [7, 11) is -2.33. The smallest absolute Gasteiger partial charge is 0.435 e. The lowest BCUT2D eigenvalue weighted by Gasteiger charge is -2.29. The van der Waals surface area contributed by atoms with Crippen LogP contribution >= 0.6 is 11.6 Å². The highest BCUT2D eigenvalue weighted by Gasteiger charge is 2.62. The number of nitrogens with one attached hydrogen (secondary N) is 2. The van der Waals surface area contributed by atoms with Crippen molar-refractivity contribution in [2.24, 2.45) is 5.92 Å². The van der Waals surface area contributed by atoms with Crippen LogP contribution in [-0.2, 0) is 32.4 Å². The molecule has 1 aromatic carbocycles. The second-order valence-electron chi connectivity index (χ2n) is 14.0. The van der Waals surface area contributed by atoms with Crippen molar-refractivity contribution >= 4 is 50.4 Å². The molecule has 3 aromatic rings. The first kappa shape index (κ1) is 40.0. The van der Waals surface area contributed by atoms with Crippen LogP contribution in [0.4, 0.5) is 18.0 Å². The summed E-state index contributed by atoms with van der Waals surface area (Å²) in [6.45, 7) is 7.20. The van der Waals surface area contributed by atoms with Crippen molar-refractivity contribution in [3.05, 3.63) is 72.1 Å². The number of hydrogen-bond acceptors (Lipinski definition) is 9. The van der Waals surface area contributed by atoms with E-state index in [4.69, 9.17) is 16.3 Å². The summed E-state index contributed by atoms with van der Waals surface area (Å²) in [4.78, 5) is 48.7. The number of sulfonamides is 1. The Labute approximate surface area is 320 Å². The number of rotatable bonds is 15. The number of allylic oxidation sites excluding steroid dienone is 1. The lowest BCUT2D eigenvalue weighted by molar-refractivity contribution is -0.141. The van der Waals surface area contributed by atoms with Gasteiger partial charge in [0.15, 0.2) is 11.5 Å². The van der Waals surface area contributed by atoms with E-state index >= 15 is 0 Å². The minimum Gasteiger partial charge on any atom is -0.488 e. The Balaban J connectivity index is 1.31. The van der Waals surface area contributed by atoms with Crippen LogP contribution in [-0.4, -0.2) is 99.0 Å². The summed E-state index contributed by atoms with van der Waals surface area (Å²) in [6, 6.07) is 3.36. The Kier molecular flexibility index (Phi) is 11.2. The highest BCUT2D eigenvalue weighted by atomic mass is 35.5. The maximum absolute atomic E-state index is 14.1. The highest BCUT2D eigenvalue weighted by molar-refractivity contribution is 7.91. The van der Waals surface area contributed by atoms with E-state index < -0.39 is 75.2 Å². The fraction of sp³-hybridized carbons (Fsp3) is 0.472. The molecule has 6 rings (SSSR count). The molecule has 14 nitrogen and oxygen atoms in total. The largest absolute Gasteiger partial charge is 0.488 e. The number of urea groups is 1. The van der Waals surface area contributed by atoms with Crippen molar-refractivity contribution in [2.75, 3.05) is 20.1 Å². The van der Waals surface area contributed by atoms with E-state index in [1.54, 1.807) is 19.2 Å². The summed E-state index contributed by atoms with van der Waals surface area (Å²) in [6.07, 6.45) is 1.82. The molecule has 2 aromatic heterocycles. The van der Waals surface area contributed by atoms with Crippen molar-refractivity contribution in [3.8, 4) is 11.6 Å². The number of ether oxygens (including phenoxy) is 1. The second kappa shape index (κ2) is 15.5. The van der Waals surface area contributed by atoms with Gasteiger partial charge in [-0.25, -0.2) is 22.9 Å². The first-order valence-corrected chi connectivity index (χ1v) is 19.6. The van der Waals surface area contributed by atoms with Gasteiger partial charge in [-0.3, -0.25) is 14.3 Å². The maximum atomic E-state index is 14.1. The van der Waals surface area contributed by atoms with E-state index in [9.17, 15) is 41.1 Å². The zero-order valence-corrected chi connectivity index (χ0v) is 31.5. The van der Waals surface area contributed by atoms with Gasteiger partial charge < -0.3 is 25.0 Å². The molecule has 3 aliphatic rings. The third kappa shape index (κ3) is 8.30. The normalized spacial score (nSPS) is 22.3. The quantitative estimate of drug-likeness (QED) is 0.148. The number of halogens is 4. The van der Waals surface area contributed by atoms with Gasteiger partial charge in [-0.1, -0.05) is 29.8 Å². The predicted molar refractivity (Wildman–Crippen MR) is 196 cm³/mol. The number of carbonyl (C=O) groups is 3. The predicted octanol–water partition coefficient (Wildman–Crippen LogP) is 4.48. The van der Waals surface area contributed by atoms with E-state index in [2.05, 4.69) is 33.3 Å². The van der Waals surface area contributed by atoms with Crippen LogP contribution in [0, 0.1) is 5.92 Å². The van der Waals surface area contributed by atoms with E-state index in [1.807, 2.05) is 0 Å². The summed E-state index contributed by atoms with van der Waals surface area (Å²) >= 11 is 6.59. The standard InChI is InChI=1S/C36H41ClF3N7O7S/c1-4-6-7-8-14-45(3)32(49)26-16-23(19-46(26)34(51)42-35(18-22(35)5-2)33(50)44-55(52,53)24-10-11-24)54-27-17-29(47-15-13-28(43-47)36(38,39)40)41-31-25(27)12-9-21(20-48)30(31)37/h4-5,9,12-13,15,17,22-24,26,48H,1-2,6-8,10-11,14,16,18-20H2,3H3,(H,42,51)(H,44,50)/t22-,23+,26+,35-/m1/s1. The first-order chi connectivity index (χ1) is 26.0. The van der Waals surface area contributed by atoms with Gasteiger partial charge in [-0.05, 0) is 56.2 Å². The third-order valence-electron chi connectivity index (χ3n) is 10.1. The molecule has 2 aliphatic carbocycles. The molecule has 19 heteroatoms. The summed E-state index contributed by atoms with van der Waals surface area (Å²) < 4.78 is 75.1. The Morgan fingerprint density at radius 1 is 1.20 bits per heavy atom. The van der Waals surface area contributed by atoms with E-state index in [0.717, 1.165) is 29.8 Å². The van der Waals surface area contributed by atoms with Crippen molar-refractivity contribution < 1.29 is 45.8 Å². The monoisotopic (exact) mass is 807 g/mol. The number of carbonyl (C=O) groups excluding carboxylic acids is 3. The second-order valence-corrected chi connectivity index (χ2v) is 16.4. The molecule has 4 amide bonds. The number of nitrogens with zero attached hydrogens (tertiary/aromatic N) is 5. The van der Waals surface area contributed by atoms with E-state index in [1.165, 1.54) is 28.0 Å². The number of hydrogen-bond donors (Lipinski definition) is 3. The highest BCUT2D eigenvalue weighted by Crippen LogP contribution is 2.46. The number of likely N-dealkylation sites (N-methyl/N-ethyl adjacent to an activating group) is 1. The maximum Gasteiger partial charge on any atom is 0.435 e.